The zero-order valence-electron chi connectivity index (χ0n) is 17.7. The molecule has 0 amide bonds. The van der Waals surface area contributed by atoms with Gasteiger partial charge in [-0.1, -0.05) is 24.3 Å². The first-order valence-electron chi connectivity index (χ1n) is 10.4. The fraction of sp³-hybridized carbons (Fsp3) is 0.667. The van der Waals surface area contributed by atoms with Crippen molar-refractivity contribution in [2.45, 2.75) is 51.3 Å². The van der Waals surface area contributed by atoms with E-state index in [1.807, 2.05) is 19.1 Å². The molecule has 2 saturated heterocycles. The average Bonchev–Trinajstić information content (AvgIpc) is 3.26. The van der Waals surface area contributed by atoms with Crippen molar-refractivity contribution in [2.24, 2.45) is 4.99 Å². The third kappa shape index (κ3) is 8.74. The molecule has 2 heterocycles. The number of morpholine rings is 1. The Labute approximate surface area is 198 Å². The van der Waals surface area contributed by atoms with Gasteiger partial charge in [-0.3, -0.25) is 0 Å². The Hall–Kier alpha value is -1.11. The molecule has 0 aromatic heterocycles. The number of alkyl halides is 3. The maximum atomic E-state index is 12.2. The topological polar surface area (TPSA) is 55.3 Å². The predicted octanol–water partition coefficient (Wildman–Crippen LogP) is 3.73. The van der Waals surface area contributed by atoms with E-state index in [4.69, 9.17) is 19.2 Å². The van der Waals surface area contributed by atoms with Crippen LogP contribution in [-0.4, -0.2) is 68.7 Å². The van der Waals surface area contributed by atoms with Crippen molar-refractivity contribution in [1.82, 2.24) is 10.2 Å². The zero-order chi connectivity index (χ0) is 21.4. The van der Waals surface area contributed by atoms with Gasteiger partial charge >= 0.3 is 6.18 Å². The van der Waals surface area contributed by atoms with Crippen LogP contribution in [0.25, 0.3) is 0 Å². The summed E-state index contributed by atoms with van der Waals surface area (Å²) in [6.07, 6.45) is -1.98. The molecular formula is C21H31F3IN3O3. The van der Waals surface area contributed by atoms with Crippen LogP contribution in [0.5, 0.6) is 0 Å². The third-order valence-corrected chi connectivity index (χ3v) is 5.08. The molecule has 0 saturated carbocycles. The molecule has 2 fully saturated rings. The first-order valence-corrected chi connectivity index (χ1v) is 10.4. The molecule has 10 heteroatoms. The van der Waals surface area contributed by atoms with Gasteiger partial charge in [0, 0.05) is 26.2 Å². The maximum Gasteiger partial charge on any atom is 0.411 e. The summed E-state index contributed by atoms with van der Waals surface area (Å²) in [4.78, 5) is 6.95. The number of nitrogens with zero attached hydrogens (tertiary/aromatic N) is 2. The van der Waals surface area contributed by atoms with E-state index in [1.54, 1.807) is 12.1 Å². The van der Waals surface area contributed by atoms with Gasteiger partial charge in [0.05, 0.1) is 25.9 Å². The highest BCUT2D eigenvalue weighted by molar-refractivity contribution is 14.0. The fourth-order valence-electron chi connectivity index (χ4n) is 3.61. The van der Waals surface area contributed by atoms with Crippen LogP contribution in [-0.2, 0) is 27.4 Å². The zero-order valence-corrected chi connectivity index (χ0v) is 20.0. The van der Waals surface area contributed by atoms with Crippen molar-refractivity contribution in [3.63, 3.8) is 0 Å². The van der Waals surface area contributed by atoms with E-state index in [1.165, 1.54) is 0 Å². The SMILES string of the molecule is CCNC(=NCc1ccc(COCC(F)(F)F)cc1)N1CCOC(C2CCCO2)C1.I. The third-order valence-electron chi connectivity index (χ3n) is 5.08. The maximum absolute atomic E-state index is 12.2. The number of halogens is 4. The lowest BCUT2D eigenvalue weighted by atomic mass is 10.1. The minimum Gasteiger partial charge on any atom is -0.375 e. The predicted molar refractivity (Wildman–Crippen MR) is 123 cm³/mol. The number of aliphatic imine (C=N–C) groups is 1. The Balaban J connectivity index is 0.00000341. The van der Waals surface area contributed by atoms with Gasteiger partial charge in [-0.05, 0) is 30.9 Å². The van der Waals surface area contributed by atoms with Gasteiger partial charge in [-0.2, -0.15) is 13.2 Å². The van der Waals surface area contributed by atoms with Crippen LogP contribution in [0.3, 0.4) is 0 Å². The lowest BCUT2D eigenvalue weighted by Crippen LogP contribution is -2.53. The van der Waals surface area contributed by atoms with Crippen LogP contribution in [0.15, 0.2) is 29.3 Å². The van der Waals surface area contributed by atoms with Crippen molar-refractivity contribution >= 4 is 29.9 Å². The van der Waals surface area contributed by atoms with E-state index in [0.717, 1.165) is 50.6 Å². The van der Waals surface area contributed by atoms with E-state index in [0.29, 0.717) is 18.7 Å². The number of hydrogen-bond donors (Lipinski definition) is 1. The molecule has 31 heavy (non-hydrogen) atoms. The van der Waals surface area contributed by atoms with Crippen molar-refractivity contribution < 1.29 is 27.4 Å². The van der Waals surface area contributed by atoms with Crippen molar-refractivity contribution in [1.29, 1.82) is 0 Å². The Kier molecular flexibility index (Phi) is 10.8. The monoisotopic (exact) mass is 557 g/mol. The average molecular weight is 557 g/mol. The van der Waals surface area contributed by atoms with Crippen molar-refractivity contribution in [3.8, 4) is 0 Å². The summed E-state index contributed by atoms with van der Waals surface area (Å²) in [7, 11) is 0. The van der Waals surface area contributed by atoms with Crippen LogP contribution < -0.4 is 5.32 Å². The number of rotatable bonds is 7. The number of benzene rings is 1. The number of hydrogen-bond acceptors (Lipinski definition) is 4. The van der Waals surface area contributed by atoms with Crippen LogP contribution in [0, 0.1) is 0 Å². The largest absolute Gasteiger partial charge is 0.411 e. The minimum absolute atomic E-state index is 0. The Morgan fingerprint density at radius 2 is 1.87 bits per heavy atom. The molecular weight excluding hydrogens is 526 g/mol. The molecule has 3 rings (SSSR count). The van der Waals surface area contributed by atoms with Crippen LogP contribution in [0.4, 0.5) is 13.2 Å². The Morgan fingerprint density at radius 1 is 1.16 bits per heavy atom. The number of guanidine groups is 1. The van der Waals surface area contributed by atoms with Crippen LogP contribution in [0.1, 0.15) is 30.9 Å². The molecule has 2 aliphatic heterocycles. The molecule has 0 spiro atoms. The molecule has 2 aliphatic rings. The fourth-order valence-corrected chi connectivity index (χ4v) is 3.61. The second kappa shape index (κ2) is 12.8. The molecule has 0 bridgehead atoms. The molecule has 0 aliphatic carbocycles. The molecule has 176 valence electrons. The summed E-state index contributed by atoms with van der Waals surface area (Å²) < 4.78 is 52.9. The summed E-state index contributed by atoms with van der Waals surface area (Å²) in [6.45, 7) is 4.92. The van der Waals surface area contributed by atoms with Gasteiger partial charge in [0.1, 0.15) is 12.7 Å². The second-order valence-electron chi connectivity index (χ2n) is 7.50. The molecule has 2 unspecified atom stereocenters. The van der Waals surface area contributed by atoms with E-state index >= 15 is 0 Å². The minimum atomic E-state index is -4.31. The molecule has 0 radical (unpaired) electrons. The van der Waals surface area contributed by atoms with Crippen molar-refractivity contribution in [2.75, 3.05) is 39.5 Å². The van der Waals surface area contributed by atoms with E-state index in [9.17, 15) is 13.2 Å². The standard InChI is InChI=1S/C21H30F3N3O3.HI/c1-2-25-20(27-9-11-30-19(13-27)18-4-3-10-29-18)26-12-16-5-7-17(8-6-16)14-28-15-21(22,23)24;/h5-8,18-19H,2-4,9-15H2,1H3,(H,25,26);1H. The van der Waals surface area contributed by atoms with Gasteiger partial charge in [0.25, 0.3) is 0 Å². The second-order valence-corrected chi connectivity index (χ2v) is 7.50. The summed E-state index contributed by atoms with van der Waals surface area (Å²) in [5.41, 5.74) is 1.68. The van der Waals surface area contributed by atoms with Gasteiger partial charge in [0.15, 0.2) is 5.96 Å². The highest BCUT2D eigenvalue weighted by Gasteiger charge is 2.32. The lowest BCUT2D eigenvalue weighted by Gasteiger charge is -2.37. The number of ether oxygens (including phenoxy) is 3. The molecule has 1 aromatic carbocycles. The highest BCUT2D eigenvalue weighted by Crippen LogP contribution is 2.21. The quantitative estimate of drug-likeness (QED) is 0.315. The molecule has 2 atom stereocenters. The van der Waals surface area contributed by atoms with E-state index in [2.05, 4.69) is 10.2 Å². The van der Waals surface area contributed by atoms with Gasteiger partial charge in [-0.25, -0.2) is 4.99 Å². The normalized spacial score (nSPS) is 22.3. The summed E-state index contributed by atoms with van der Waals surface area (Å²) >= 11 is 0. The summed E-state index contributed by atoms with van der Waals surface area (Å²) in [6, 6.07) is 7.29. The molecule has 6 nitrogen and oxygen atoms in total. The van der Waals surface area contributed by atoms with Crippen molar-refractivity contribution in [3.05, 3.63) is 35.4 Å². The van der Waals surface area contributed by atoms with E-state index in [-0.39, 0.29) is 42.8 Å². The van der Waals surface area contributed by atoms with Gasteiger partial charge in [-0.15, -0.1) is 24.0 Å². The molecule has 1 N–H and O–H groups in total. The first-order chi connectivity index (χ1) is 14.4. The van der Waals surface area contributed by atoms with E-state index < -0.39 is 12.8 Å². The smallest absolute Gasteiger partial charge is 0.375 e. The lowest BCUT2D eigenvalue weighted by molar-refractivity contribution is -0.176. The van der Waals surface area contributed by atoms with Crippen LogP contribution >= 0.6 is 24.0 Å². The van der Waals surface area contributed by atoms with Crippen LogP contribution in [0.2, 0.25) is 0 Å². The van der Waals surface area contributed by atoms with Gasteiger partial charge < -0.3 is 24.4 Å². The Morgan fingerprint density at radius 3 is 2.52 bits per heavy atom. The van der Waals surface area contributed by atoms with Gasteiger partial charge in [0.2, 0.25) is 0 Å². The first kappa shape index (κ1) is 26.1. The highest BCUT2D eigenvalue weighted by atomic mass is 127. The number of nitrogens with one attached hydrogen (secondary N) is 1. The Bertz CT molecular complexity index is 683. The summed E-state index contributed by atoms with van der Waals surface area (Å²) in [5, 5.41) is 3.34. The molecule has 1 aromatic rings. The summed E-state index contributed by atoms with van der Waals surface area (Å²) in [5.74, 6) is 0.835.